The van der Waals surface area contributed by atoms with Crippen LogP contribution in [0.5, 0.6) is 0 Å². The Balaban J connectivity index is 1.51. The normalized spacial score (nSPS) is 12.3. The first-order valence-electron chi connectivity index (χ1n) is 10.7. The van der Waals surface area contributed by atoms with Crippen molar-refractivity contribution in [1.82, 2.24) is 25.0 Å². The minimum absolute atomic E-state index is 0.0426. The van der Waals surface area contributed by atoms with Gasteiger partial charge in [0.1, 0.15) is 6.04 Å². The summed E-state index contributed by atoms with van der Waals surface area (Å²) in [6.07, 6.45) is 9.00. The minimum Gasteiger partial charge on any atom is -0.346 e. The molecule has 166 valence electrons. The number of nitriles is 1. The average Bonchev–Trinajstić information content (AvgIpc) is 3.46. The van der Waals surface area contributed by atoms with Gasteiger partial charge in [-0.3, -0.25) is 9.78 Å². The molecule has 3 aromatic heterocycles. The molecule has 1 atom stereocenters. The molecule has 1 N–H and O–H groups in total. The number of hydrogen-bond acceptors (Lipinski definition) is 6. The summed E-state index contributed by atoms with van der Waals surface area (Å²) in [7, 11) is 0. The molecular weight excluding hydrogens is 416 g/mol. The summed E-state index contributed by atoms with van der Waals surface area (Å²) in [5.74, 6) is 0.590. The molecule has 4 aromatic rings. The van der Waals surface area contributed by atoms with Crippen molar-refractivity contribution < 1.29 is 9.32 Å². The highest BCUT2D eigenvalue weighted by Crippen LogP contribution is 2.25. The van der Waals surface area contributed by atoms with E-state index in [1.165, 1.54) is 6.08 Å². The summed E-state index contributed by atoms with van der Waals surface area (Å²) >= 11 is 0. The van der Waals surface area contributed by atoms with E-state index in [4.69, 9.17) is 9.78 Å². The maximum atomic E-state index is 12.8. The molecule has 0 fully saturated rings. The summed E-state index contributed by atoms with van der Waals surface area (Å²) in [6, 6.07) is 13.3. The predicted molar refractivity (Wildman–Crippen MR) is 124 cm³/mol. The zero-order valence-corrected chi connectivity index (χ0v) is 18.5. The Morgan fingerprint density at radius 3 is 2.79 bits per heavy atom. The van der Waals surface area contributed by atoms with Crippen LogP contribution in [0.3, 0.4) is 0 Å². The van der Waals surface area contributed by atoms with E-state index < -0.39 is 6.04 Å². The smallest absolute Gasteiger partial charge is 0.249 e. The second-order valence-corrected chi connectivity index (χ2v) is 7.96. The van der Waals surface area contributed by atoms with Gasteiger partial charge in [0.15, 0.2) is 0 Å². The van der Waals surface area contributed by atoms with Gasteiger partial charge in [0.25, 0.3) is 0 Å². The van der Waals surface area contributed by atoms with Crippen LogP contribution < -0.4 is 5.32 Å². The van der Waals surface area contributed by atoms with Crippen LogP contribution in [0.2, 0.25) is 0 Å². The van der Waals surface area contributed by atoms with Crippen molar-refractivity contribution in [1.29, 1.82) is 5.26 Å². The number of aromatic nitrogens is 4. The number of nitrogens with one attached hydrogen (secondary N) is 1. The third-order valence-electron chi connectivity index (χ3n) is 5.31. The third-order valence-corrected chi connectivity index (χ3v) is 5.31. The molecule has 0 saturated heterocycles. The fourth-order valence-corrected chi connectivity index (χ4v) is 3.62. The van der Waals surface area contributed by atoms with E-state index in [-0.39, 0.29) is 11.8 Å². The van der Waals surface area contributed by atoms with Gasteiger partial charge in [-0.2, -0.15) is 10.2 Å². The monoisotopic (exact) mass is 440 g/mol. The summed E-state index contributed by atoms with van der Waals surface area (Å²) in [6.45, 7) is 4.56. The Hall–Kier alpha value is -4.25. The van der Waals surface area contributed by atoms with E-state index in [2.05, 4.69) is 26.5 Å². The summed E-state index contributed by atoms with van der Waals surface area (Å²) < 4.78 is 7.49. The first-order chi connectivity index (χ1) is 16.1. The molecule has 1 amide bonds. The molecule has 33 heavy (non-hydrogen) atoms. The highest BCUT2D eigenvalue weighted by atomic mass is 16.5. The number of nitrogens with zero attached hydrogens (tertiary/aromatic N) is 5. The highest BCUT2D eigenvalue weighted by Gasteiger charge is 2.24. The highest BCUT2D eigenvalue weighted by molar-refractivity contribution is 5.96. The van der Waals surface area contributed by atoms with Gasteiger partial charge >= 0.3 is 0 Å². The van der Waals surface area contributed by atoms with Crippen molar-refractivity contribution in [2.45, 2.75) is 32.9 Å². The van der Waals surface area contributed by atoms with Crippen molar-refractivity contribution in [3.05, 3.63) is 72.5 Å². The topological polar surface area (TPSA) is 110 Å². The van der Waals surface area contributed by atoms with Crippen molar-refractivity contribution in [3.8, 4) is 17.5 Å². The number of rotatable bonds is 8. The number of pyridine rings is 1. The summed E-state index contributed by atoms with van der Waals surface area (Å²) in [4.78, 5) is 21.2. The van der Waals surface area contributed by atoms with Gasteiger partial charge in [-0.05, 0) is 30.2 Å². The largest absolute Gasteiger partial charge is 0.346 e. The number of hydrogen-bond donors (Lipinski definition) is 1. The molecule has 8 heteroatoms. The molecule has 0 aliphatic carbocycles. The second kappa shape index (κ2) is 9.92. The first kappa shape index (κ1) is 22.0. The van der Waals surface area contributed by atoms with Crippen LogP contribution >= 0.6 is 0 Å². The van der Waals surface area contributed by atoms with Crippen LogP contribution in [0.15, 0.2) is 65.6 Å². The van der Waals surface area contributed by atoms with Crippen molar-refractivity contribution in [3.63, 3.8) is 0 Å². The van der Waals surface area contributed by atoms with Crippen molar-refractivity contribution in [2.75, 3.05) is 0 Å². The van der Waals surface area contributed by atoms with Gasteiger partial charge in [0, 0.05) is 53.2 Å². The first-order valence-corrected chi connectivity index (χ1v) is 10.7. The molecule has 0 aliphatic heterocycles. The molecule has 0 saturated carbocycles. The Labute approximate surface area is 191 Å². The number of aryl methyl sites for hydroxylation is 1. The number of fused-ring (bicyclic) bond motifs is 1. The Bertz CT molecular complexity index is 1310. The Kier molecular flexibility index (Phi) is 6.60. The maximum Gasteiger partial charge on any atom is 0.249 e. The van der Waals surface area contributed by atoms with Gasteiger partial charge < -0.3 is 14.4 Å². The predicted octanol–water partition coefficient (Wildman–Crippen LogP) is 4.53. The molecule has 4 rings (SSSR count). The zero-order chi connectivity index (χ0) is 23.2. The van der Waals surface area contributed by atoms with Crippen LogP contribution in [0.25, 0.3) is 28.4 Å². The van der Waals surface area contributed by atoms with Gasteiger partial charge in [0.05, 0.1) is 12.5 Å². The standard InChI is InChI=1S/C25H24N6O2/c1-17(2)23(25-29-24(30-33-25)18-10-13-27-14-11-18)28-22(32)9-8-19-16-31(15-5-12-26)21-7-4-3-6-20(19)21/h3-4,6-11,13-14,16-17,23H,5,15H2,1-2H3,(H,28,32)/b9-8+. The number of amides is 1. The van der Waals surface area contributed by atoms with E-state index in [0.29, 0.717) is 24.7 Å². The SMILES string of the molecule is CC(C)C(NC(=O)/C=C/c1cn(CCC#N)c2ccccc12)c1nc(-c2ccncc2)no1. The van der Waals surface area contributed by atoms with E-state index in [0.717, 1.165) is 22.0 Å². The molecular formula is C25H24N6O2. The van der Waals surface area contributed by atoms with E-state index in [9.17, 15) is 4.79 Å². The van der Waals surface area contributed by atoms with Crippen molar-refractivity contribution in [2.24, 2.45) is 5.92 Å². The van der Waals surface area contributed by atoms with Gasteiger partial charge in [0.2, 0.25) is 17.6 Å². The number of carbonyl (C=O) groups excluding carboxylic acids is 1. The second-order valence-electron chi connectivity index (χ2n) is 7.96. The van der Waals surface area contributed by atoms with E-state index in [1.807, 2.05) is 48.9 Å². The molecule has 1 unspecified atom stereocenters. The molecule has 3 heterocycles. The molecule has 0 spiro atoms. The maximum absolute atomic E-state index is 12.8. The lowest BCUT2D eigenvalue weighted by Gasteiger charge is -2.17. The van der Waals surface area contributed by atoms with Gasteiger partial charge in [-0.15, -0.1) is 0 Å². The zero-order valence-electron chi connectivity index (χ0n) is 18.5. The molecule has 0 bridgehead atoms. The minimum atomic E-state index is -0.429. The molecule has 0 aliphatic rings. The quantitative estimate of drug-likeness (QED) is 0.403. The van der Waals surface area contributed by atoms with Crippen LogP contribution in [0.4, 0.5) is 0 Å². The summed E-state index contributed by atoms with van der Waals surface area (Å²) in [5, 5.41) is 17.0. The van der Waals surface area contributed by atoms with E-state index in [1.54, 1.807) is 30.6 Å². The van der Waals surface area contributed by atoms with Gasteiger partial charge in [-0.1, -0.05) is 37.2 Å². The molecule has 8 nitrogen and oxygen atoms in total. The molecule has 0 radical (unpaired) electrons. The number of carbonyl (C=O) groups is 1. The van der Waals surface area contributed by atoms with Crippen LogP contribution in [-0.4, -0.2) is 25.6 Å². The lowest BCUT2D eigenvalue weighted by molar-refractivity contribution is -0.117. The van der Waals surface area contributed by atoms with Gasteiger partial charge in [-0.25, -0.2) is 0 Å². The summed E-state index contributed by atoms with van der Waals surface area (Å²) in [5.41, 5.74) is 2.74. The van der Waals surface area contributed by atoms with Crippen LogP contribution in [0, 0.1) is 17.2 Å². The Morgan fingerprint density at radius 1 is 1.24 bits per heavy atom. The fourth-order valence-electron chi connectivity index (χ4n) is 3.62. The van der Waals surface area contributed by atoms with E-state index >= 15 is 0 Å². The lowest BCUT2D eigenvalue weighted by atomic mass is 10.0. The number of benzene rings is 1. The number of para-hydroxylation sites is 1. The van der Waals surface area contributed by atoms with Crippen LogP contribution in [-0.2, 0) is 11.3 Å². The molecule has 1 aromatic carbocycles. The average molecular weight is 441 g/mol. The Morgan fingerprint density at radius 2 is 2.03 bits per heavy atom. The fraction of sp³-hybridized carbons (Fsp3) is 0.240. The third kappa shape index (κ3) is 4.99. The van der Waals surface area contributed by atoms with Crippen molar-refractivity contribution >= 4 is 22.9 Å². The van der Waals surface area contributed by atoms with Crippen LogP contribution in [0.1, 0.15) is 37.8 Å². The lowest BCUT2D eigenvalue weighted by Crippen LogP contribution is -2.30.